The van der Waals surface area contributed by atoms with Crippen molar-refractivity contribution < 1.29 is 9.90 Å². The highest BCUT2D eigenvalue weighted by Crippen LogP contribution is 2.17. The third-order valence-electron chi connectivity index (χ3n) is 1.78. The summed E-state index contributed by atoms with van der Waals surface area (Å²) in [4.78, 5) is 11.9. The maximum absolute atomic E-state index is 10.5. The first kappa shape index (κ1) is 9.20. The van der Waals surface area contributed by atoms with Crippen molar-refractivity contribution in [2.75, 3.05) is 5.32 Å². The minimum Gasteiger partial charge on any atom is -0.465 e. The molecule has 6 heteroatoms. The van der Waals surface area contributed by atoms with Crippen LogP contribution in [0.3, 0.4) is 0 Å². The first-order chi connectivity index (χ1) is 7.27. The molecule has 1 amide bonds. The zero-order chi connectivity index (χ0) is 10.7. The van der Waals surface area contributed by atoms with E-state index in [2.05, 4.69) is 15.5 Å². The zero-order valence-electron chi connectivity index (χ0n) is 7.66. The van der Waals surface area contributed by atoms with Crippen LogP contribution < -0.4 is 5.32 Å². The van der Waals surface area contributed by atoms with Gasteiger partial charge in [0.2, 0.25) is 0 Å². The van der Waals surface area contributed by atoms with Crippen LogP contribution in [0.1, 0.15) is 0 Å². The Morgan fingerprint density at radius 3 is 2.60 bits per heavy atom. The molecule has 15 heavy (non-hydrogen) atoms. The molecule has 0 unspecified atom stereocenters. The van der Waals surface area contributed by atoms with Gasteiger partial charge in [-0.25, -0.2) is 4.79 Å². The lowest BCUT2D eigenvalue weighted by Gasteiger charge is -2.06. The van der Waals surface area contributed by atoms with Crippen LogP contribution in [0.4, 0.5) is 10.5 Å². The molecular formula is C9H8N4O2. The Kier molecular flexibility index (Phi) is 2.32. The molecule has 0 aliphatic carbocycles. The first-order valence-corrected chi connectivity index (χ1v) is 4.23. The van der Waals surface area contributed by atoms with Crippen molar-refractivity contribution in [1.82, 2.24) is 15.0 Å². The molecule has 2 N–H and O–H groups in total. The van der Waals surface area contributed by atoms with E-state index in [9.17, 15) is 4.79 Å². The van der Waals surface area contributed by atoms with E-state index >= 15 is 0 Å². The SMILES string of the molecule is O=C(O)Nc1ccccc1-n1nccn1. The Balaban J connectivity index is 2.42. The number of amides is 1. The van der Waals surface area contributed by atoms with Gasteiger partial charge in [0.05, 0.1) is 18.1 Å². The van der Waals surface area contributed by atoms with E-state index in [1.165, 1.54) is 17.2 Å². The van der Waals surface area contributed by atoms with Crippen molar-refractivity contribution in [1.29, 1.82) is 0 Å². The Morgan fingerprint density at radius 1 is 1.27 bits per heavy atom. The second-order valence-corrected chi connectivity index (χ2v) is 2.77. The highest BCUT2D eigenvalue weighted by atomic mass is 16.4. The lowest BCUT2D eigenvalue weighted by atomic mass is 10.3. The lowest BCUT2D eigenvalue weighted by molar-refractivity contribution is 0.209. The minimum absolute atomic E-state index is 0.446. The van der Waals surface area contributed by atoms with Gasteiger partial charge in [0.25, 0.3) is 0 Å². The molecule has 0 radical (unpaired) electrons. The molecule has 6 nitrogen and oxygen atoms in total. The highest BCUT2D eigenvalue weighted by Gasteiger charge is 2.06. The lowest BCUT2D eigenvalue weighted by Crippen LogP contribution is -2.11. The van der Waals surface area contributed by atoms with Crippen LogP contribution in [0.25, 0.3) is 5.69 Å². The van der Waals surface area contributed by atoms with Crippen LogP contribution in [-0.2, 0) is 0 Å². The van der Waals surface area contributed by atoms with Gasteiger partial charge in [-0.1, -0.05) is 12.1 Å². The third kappa shape index (κ3) is 1.93. The molecule has 0 saturated heterocycles. The summed E-state index contributed by atoms with van der Waals surface area (Å²) < 4.78 is 0. The first-order valence-electron chi connectivity index (χ1n) is 4.23. The number of nitrogens with zero attached hydrogens (tertiary/aromatic N) is 3. The number of para-hydroxylation sites is 2. The van der Waals surface area contributed by atoms with Crippen LogP contribution >= 0.6 is 0 Å². The van der Waals surface area contributed by atoms with Crippen LogP contribution in [0.2, 0.25) is 0 Å². The van der Waals surface area contributed by atoms with Crippen molar-refractivity contribution in [3.05, 3.63) is 36.7 Å². The standard InChI is InChI=1S/C9H8N4O2/c14-9(15)12-7-3-1-2-4-8(7)13-10-5-6-11-13/h1-6,12H,(H,14,15). The Hall–Kier alpha value is -2.37. The van der Waals surface area contributed by atoms with Gasteiger partial charge >= 0.3 is 6.09 Å². The van der Waals surface area contributed by atoms with E-state index in [-0.39, 0.29) is 0 Å². The largest absolute Gasteiger partial charge is 0.465 e. The molecule has 2 rings (SSSR count). The number of aromatic nitrogens is 3. The average molecular weight is 204 g/mol. The molecule has 76 valence electrons. The molecule has 0 saturated carbocycles. The molecule has 0 aliphatic heterocycles. The maximum Gasteiger partial charge on any atom is 0.409 e. The molecule has 0 atom stereocenters. The number of hydrogen-bond acceptors (Lipinski definition) is 3. The van der Waals surface area contributed by atoms with Crippen molar-refractivity contribution >= 4 is 11.8 Å². The summed E-state index contributed by atoms with van der Waals surface area (Å²) in [5, 5.41) is 18.8. The summed E-state index contributed by atoms with van der Waals surface area (Å²) >= 11 is 0. The van der Waals surface area contributed by atoms with Gasteiger partial charge in [0, 0.05) is 0 Å². The summed E-state index contributed by atoms with van der Waals surface area (Å²) in [6.45, 7) is 0. The van der Waals surface area contributed by atoms with Gasteiger partial charge in [-0.3, -0.25) is 5.32 Å². The molecule has 1 aromatic carbocycles. The van der Waals surface area contributed by atoms with Gasteiger partial charge in [0.15, 0.2) is 0 Å². The summed E-state index contributed by atoms with van der Waals surface area (Å²) in [5.41, 5.74) is 1.03. The Morgan fingerprint density at radius 2 is 1.93 bits per heavy atom. The highest BCUT2D eigenvalue weighted by molar-refractivity contribution is 5.85. The fraction of sp³-hybridized carbons (Fsp3) is 0. The fourth-order valence-corrected chi connectivity index (χ4v) is 1.21. The minimum atomic E-state index is -1.12. The molecule has 0 aliphatic rings. The molecule has 0 fully saturated rings. The monoisotopic (exact) mass is 204 g/mol. The second-order valence-electron chi connectivity index (χ2n) is 2.77. The van der Waals surface area contributed by atoms with Crippen LogP contribution in [0, 0.1) is 0 Å². The topological polar surface area (TPSA) is 80.0 Å². The van der Waals surface area contributed by atoms with Crippen molar-refractivity contribution in [2.24, 2.45) is 0 Å². The van der Waals surface area contributed by atoms with E-state index in [0.717, 1.165) is 0 Å². The van der Waals surface area contributed by atoms with Gasteiger partial charge in [0.1, 0.15) is 5.69 Å². The van der Waals surface area contributed by atoms with Crippen LogP contribution in [0.5, 0.6) is 0 Å². The molecule has 1 heterocycles. The number of carbonyl (C=O) groups is 1. The maximum atomic E-state index is 10.5. The summed E-state index contributed by atoms with van der Waals surface area (Å²) in [6, 6.07) is 6.89. The predicted molar refractivity (Wildman–Crippen MR) is 53.0 cm³/mol. The second kappa shape index (κ2) is 3.79. The fourth-order valence-electron chi connectivity index (χ4n) is 1.21. The van der Waals surface area contributed by atoms with E-state index in [0.29, 0.717) is 11.4 Å². The number of nitrogens with one attached hydrogen (secondary N) is 1. The molecule has 0 spiro atoms. The van der Waals surface area contributed by atoms with Crippen molar-refractivity contribution in [3.8, 4) is 5.69 Å². The van der Waals surface area contributed by atoms with E-state index < -0.39 is 6.09 Å². The summed E-state index contributed by atoms with van der Waals surface area (Å²) in [6.07, 6.45) is 1.93. The van der Waals surface area contributed by atoms with Crippen molar-refractivity contribution in [2.45, 2.75) is 0 Å². The van der Waals surface area contributed by atoms with E-state index in [4.69, 9.17) is 5.11 Å². The molecule has 0 bridgehead atoms. The molecule has 2 aromatic rings. The van der Waals surface area contributed by atoms with Crippen LogP contribution in [0.15, 0.2) is 36.7 Å². The smallest absolute Gasteiger partial charge is 0.409 e. The normalized spacial score (nSPS) is 9.87. The third-order valence-corrected chi connectivity index (χ3v) is 1.78. The van der Waals surface area contributed by atoms with Crippen LogP contribution in [-0.4, -0.2) is 26.2 Å². The van der Waals surface area contributed by atoms with E-state index in [1.54, 1.807) is 24.3 Å². The number of benzene rings is 1. The summed E-state index contributed by atoms with van der Waals surface area (Å²) in [5.74, 6) is 0. The van der Waals surface area contributed by atoms with Crippen molar-refractivity contribution in [3.63, 3.8) is 0 Å². The Labute approximate surface area is 85.2 Å². The summed E-state index contributed by atoms with van der Waals surface area (Å²) in [7, 11) is 0. The Bertz CT molecular complexity index is 467. The van der Waals surface area contributed by atoms with Gasteiger partial charge < -0.3 is 5.11 Å². The van der Waals surface area contributed by atoms with Gasteiger partial charge in [-0.2, -0.15) is 10.2 Å². The quantitative estimate of drug-likeness (QED) is 0.773. The van der Waals surface area contributed by atoms with E-state index in [1.807, 2.05) is 0 Å². The average Bonchev–Trinajstić information content (AvgIpc) is 2.70. The van der Waals surface area contributed by atoms with Gasteiger partial charge in [-0.05, 0) is 12.1 Å². The zero-order valence-corrected chi connectivity index (χ0v) is 7.66. The molecular weight excluding hydrogens is 196 g/mol. The number of rotatable bonds is 2. The van der Waals surface area contributed by atoms with Gasteiger partial charge in [-0.15, -0.1) is 4.80 Å². The molecule has 1 aromatic heterocycles. The number of carboxylic acid groups (broad SMARTS) is 1. The predicted octanol–water partition coefficient (Wildman–Crippen LogP) is 1.36. The number of anilines is 1. The number of hydrogen-bond donors (Lipinski definition) is 2.